The normalized spacial score (nSPS) is 20.3. The van der Waals surface area contributed by atoms with Crippen LogP contribution in [0.3, 0.4) is 0 Å². The van der Waals surface area contributed by atoms with Crippen LogP contribution in [-0.2, 0) is 6.54 Å². The summed E-state index contributed by atoms with van der Waals surface area (Å²) in [4.78, 5) is 26.1. The second kappa shape index (κ2) is 9.09. The van der Waals surface area contributed by atoms with E-state index in [1.165, 1.54) is 6.07 Å². The molecule has 0 saturated carbocycles. The minimum atomic E-state index is -0.536. The molecular formula is C25H28FN5O4. The Bertz CT molecular complexity index is 1310. The third-order valence-electron chi connectivity index (χ3n) is 7.19. The number of aromatic nitrogens is 3. The summed E-state index contributed by atoms with van der Waals surface area (Å²) in [6, 6.07) is 5.35. The molecule has 3 aromatic rings. The first-order valence-electron chi connectivity index (χ1n) is 12.1. The number of hydrogen-bond acceptors (Lipinski definition) is 8. The van der Waals surface area contributed by atoms with Crippen LogP contribution in [0.5, 0.6) is 17.2 Å². The van der Waals surface area contributed by atoms with Gasteiger partial charge in [-0.25, -0.2) is 4.39 Å². The van der Waals surface area contributed by atoms with Crippen LogP contribution in [0.2, 0.25) is 0 Å². The lowest BCUT2D eigenvalue weighted by Gasteiger charge is -2.39. The quantitative estimate of drug-likeness (QED) is 0.549. The van der Waals surface area contributed by atoms with E-state index in [2.05, 4.69) is 26.8 Å². The van der Waals surface area contributed by atoms with Crippen molar-refractivity contribution in [3.05, 3.63) is 52.5 Å². The zero-order valence-corrected chi connectivity index (χ0v) is 19.7. The van der Waals surface area contributed by atoms with Gasteiger partial charge < -0.3 is 19.1 Å². The average Bonchev–Trinajstić information content (AvgIpc) is 2.88. The van der Waals surface area contributed by atoms with Gasteiger partial charge in [0.15, 0.2) is 23.1 Å². The summed E-state index contributed by atoms with van der Waals surface area (Å²) in [5.41, 5.74) is 1.83. The van der Waals surface area contributed by atoms with Crippen molar-refractivity contribution in [3.8, 4) is 17.2 Å². The smallest absolute Gasteiger partial charge is 0.251 e. The fourth-order valence-corrected chi connectivity index (χ4v) is 5.36. The number of nitrogens with zero attached hydrogens (tertiary/aromatic N) is 5. The molecule has 35 heavy (non-hydrogen) atoms. The molecule has 6 rings (SSSR count). The number of halogens is 1. The van der Waals surface area contributed by atoms with E-state index < -0.39 is 5.82 Å². The Kier molecular flexibility index (Phi) is 5.77. The molecule has 0 N–H and O–H groups in total. The first kappa shape index (κ1) is 22.2. The summed E-state index contributed by atoms with van der Waals surface area (Å²) in [7, 11) is 2.13. The molecule has 1 atom stereocenters. The summed E-state index contributed by atoms with van der Waals surface area (Å²) in [5.74, 6) is 1.06. The first-order chi connectivity index (χ1) is 17.1. The molecule has 0 spiro atoms. The van der Waals surface area contributed by atoms with Crippen LogP contribution in [0.1, 0.15) is 24.6 Å². The van der Waals surface area contributed by atoms with Crippen molar-refractivity contribution in [1.29, 1.82) is 0 Å². The topological polar surface area (TPSA) is 82.0 Å². The lowest BCUT2D eigenvalue weighted by Crippen LogP contribution is -2.46. The van der Waals surface area contributed by atoms with Gasteiger partial charge >= 0.3 is 0 Å². The van der Waals surface area contributed by atoms with E-state index >= 15 is 0 Å². The van der Waals surface area contributed by atoms with Gasteiger partial charge in [0.1, 0.15) is 25.3 Å². The highest BCUT2D eigenvalue weighted by Gasteiger charge is 2.30. The Balaban J connectivity index is 1.10. The largest absolute Gasteiger partial charge is 0.486 e. The number of piperidine rings is 1. The molecule has 0 bridgehead atoms. The molecule has 0 unspecified atom stereocenters. The molecule has 9 nitrogen and oxygen atoms in total. The zero-order chi connectivity index (χ0) is 23.9. The minimum Gasteiger partial charge on any atom is -0.486 e. The van der Waals surface area contributed by atoms with Gasteiger partial charge in [0.2, 0.25) is 0 Å². The van der Waals surface area contributed by atoms with Crippen molar-refractivity contribution < 1.29 is 18.6 Å². The van der Waals surface area contributed by atoms with E-state index in [0.717, 1.165) is 50.1 Å². The highest BCUT2D eigenvalue weighted by atomic mass is 19.1. The lowest BCUT2D eigenvalue weighted by molar-refractivity contribution is 0.0988. The highest BCUT2D eigenvalue weighted by Crippen LogP contribution is 2.33. The Labute approximate surface area is 202 Å². The molecule has 0 aliphatic carbocycles. The summed E-state index contributed by atoms with van der Waals surface area (Å²) in [6.07, 6.45) is 4.92. The lowest BCUT2D eigenvalue weighted by atomic mass is 10.0. The van der Waals surface area contributed by atoms with Crippen molar-refractivity contribution in [3.63, 3.8) is 0 Å². The number of likely N-dealkylation sites (tertiary alicyclic amines) is 1. The van der Waals surface area contributed by atoms with Gasteiger partial charge in [0.25, 0.3) is 5.56 Å². The Hall–Kier alpha value is -3.24. The molecule has 0 amide bonds. The van der Waals surface area contributed by atoms with Crippen molar-refractivity contribution in [2.24, 2.45) is 0 Å². The Morgan fingerprint density at radius 1 is 1.09 bits per heavy atom. The molecule has 1 fully saturated rings. The van der Waals surface area contributed by atoms with Crippen LogP contribution in [0.4, 0.5) is 4.39 Å². The number of rotatable bonds is 5. The van der Waals surface area contributed by atoms with Crippen LogP contribution in [0, 0.1) is 5.82 Å². The highest BCUT2D eigenvalue weighted by molar-refractivity contribution is 5.82. The summed E-state index contributed by atoms with van der Waals surface area (Å²) in [6.45, 7) is 4.64. The second-order valence-corrected chi connectivity index (χ2v) is 9.44. The van der Waals surface area contributed by atoms with E-state index in [0.29, 0.717) is 42.6 Å². The van der Waals surface area contributed by atoms with Crippen LogP contribution in [-0.4, -0.2) is 76.9 Å². The molecule has 0 aromatic carbocycles. The van der Waals surface area contributed by atoms with E-state index in [1.54, 1.807) is 16.8 Å². The Morgan fingerprint density at radius 2 is 1.89 bits per heavy atom. The van der Waals surface area contributed by atoms with E-state index in [-0.39, 0.29) is 24.0 Å². The van der Waals surface area contributed by atoms with E-state index in [9.17, 15) is 9.18 Å². The number of pyridine rings is 3. The number of fused-ring (bicyclic) bond motifs is 1. The van der Waals surface area contributed by atoms with Crippen molar-refractivity contribution in [2.75, 3.05) is 46.5 Å². The van der Waals surface area contributed by atoms with Crippen molar-refractivity contribution >= 4 is 11.0 Å². The van der Waals surface area contributed by atoms with Crippen LogP contribution >= 0.6 is 0 Å². The number of hydrogen-bond donors (Lipinski definition) is 0. The van der Waals surface area contributed by atoms with Gasteiger partial charge in [-0.2, -0.15) is 0 Å². The maximum atomic E-state index is 14.3. The predicted octanol–water partition coefficient (Wildman–Crippen LogP) is 2.23. The Morgan fingerprint density at radius 3 is 2.71 bits per heavy atom. The molecule has 1 saturated heterocycles. The van der Waals surface area contributed by atoms with Crippen molar-refractivity contribution in [1.82, 2.24) is 24.3 Å². The maximum Gasteiger partial charge on any atom is 0.251 e. The van der Waals surface area contributed by atoms with Crippen LogP contribution < -0.4 is 19.8 Å². The van der Waals surface area contributed by atoms with Gasteiger partial charge in [0.05, 0.1) is 29.6 Å². The third-order valence-corrected chi connectivity index (χ3v) is 7.19. The first-order valence-corrected chi connectivity index (χ1v) is 12.1. The SMILES string of the molecule is CN(Cc1cc2c(cn1)OCCO2)C1CCN(C[C@H]2COc3c(F)cnc4ccc(=O)n2c34)CC1. The van der Waals surface area contributed by atoms with Gasteiger partial charge in [-0.3, -0.25) is 24.2 Å². The second-order valence-electron chi connectivity index (χ2n) is 9.44. The van der Waals surface area contributed by atoms with Gasteiger partial charge in [0, 0.05) is 31.3 Å². The fraction of sp³-hybridized carbons (Fsp3) is 0.480. The molecule has 0 radical (unpaired) electrons. The summed E-state index contributed by atoms with van der Waals surface area (Å²) >= 11 is 0. The fourth-order valence-electron chi connectivity index (χ4n) is 5.36. The van der Waals surface area contributed by atoms with Crippen LogP contribution in [0.15, 0.2) is 35.4 Å². The van der Waals surface area contributed by atoms with E-state index in [4.69, 9.17) is 14.2 Å². The van der Waals surface area contributed by atoms with Gasteiger partial charge in [-0.05, 0) is 39.0 Å². The van der Waals surface area contributed by atoms with Gasteiger partial charge in [-0.1, -0.05) is 0 Å². The monoisotopic (exact) mass is 481 g/mol. The molecule has 10 heteroatoms. The number of ether oxygens (including phenoxy) is 3. The molecule has 6 heterocycles. The minimum absolute atomic E-state index is 0.122. The molecule has 3 aliphatic heterocycles. The standard InChI is InChI=1S/C25H28FN5O4/c1-29(13-16-10-21-22(12-27-16)34-9-8-33-21)17-4-6-30(7-5-17)14-18-15-35-25-19(26)11-28-20-2-3-23(32)31(18)24(20)25/h2-3,10-12,17-18H,4-9,13-15H2,1H3/t18-/m0/s1. The van der Waals surface area contributed by atoms with Crippen molar-refractivity contribution in [2.45, 2.75) is 31.5 Å². The van der Waals surface area contributed by atoms with Gasteiger partial charge in [-0.15, -0.1) is 0 Å². The third kappa shape index (κ3) is 4.21. The molecular weight excluding hydrogens is 453 g/mol. The molecule has 184 valence electrons. The zero-order valence-electron chi connectivity index (χ0n) is 19.7. The summed E-state index contributed by atoms with van der Waals surface area (Å²) in [5, 5.41) is 0. The molecule has 3 aromatic heterocycles. The van der Waals surface area contributed by atoms with Crippen LogP contribution in [0.25, 0.3) is 11.0 Å². The summed E-state index contributed by atoms with van der Waals surface area (Å²) < 4.78 is 33.0. The maximum absolute atomic E-state index is 14.3. The molecule has 3 aliphatic rings. The predicted molar refractivity (Wildman–Crippen MR) is 127 cm³/mol. The average molecular weight is 482 g/mol. The van der Waals surface area contributed by atoms with E-state index in [1.807, 2.05) is 6.07 Å².